The Kier molecular flexibility index (Phi) is 8.17. The molecule has 0 aliphatic rings. The molecule has 0 aliphatic heterocycles. The van der Waals surface area contributed by atoms with E-state index in [9.17, 15) is 9.59 Å². The van der Waals surface area contributed by atoms with Crippen molar-refractivity contribution in [1.29, 1.82) is 0 Å². The maximum atomic E-state index is 12.0. The van der Waals surface area contributed by atoms with Crippen molar-refractivity contribution in [1.82, 2.24) is 0 Å². The van der Waals surface area contributed by atoms with Crippen LogP contribution in [0.25, 0.3) is 0 Å². The van der Waals surface area contributed by atoms with Gasteiger partial charge in [0.25, 0.3) is 0 Å². The summed E-state index contributed by atoms with van der Waals surface area (Å²) in [6.07, 6.45) is 6.80. The van der Waals surface area contributed by atoms with Crippen LogP contribution >= 0.6 is 0 Å². The minimum atomic E-state index is -0.526. The van der Waals surface area contributed by atoms with Crippen LogP contribution in [0.2, 0.25) is 0 Å². The quantitative estimate of drug-likeness (QED) is 0.510. The van der Waals surface area contributed by atoms with E-state index in [0.717, 1.165) is 12.8 Å². The van der Waals surface area contributed by atoms with Gasteiger partial charge in [0.05, 0.1) is 24.8 Å². The van der Waals surface area contributed by atoms with Gasteiger partial charge in [0, 0.05) is 0 Å². The van der Waals surface area contributed by atoms with Crippen molar-refractivity contribution in [2.75, 3.05) is 13.7 Å². The summed E-state index contributed by atoms with van der Waals surface area (Å²) in [5.74, 6) is -0.994. The molecule has 0 heterocycles. The van der Waals surface area contributed by atoms with Gasteiger partial charge in [-0.1, -0.05) is 51.2 Å². The van der Waals surface area contributed by atoms with E-state index in [-0.39, 0.29) is 11.1 Å². The van der Waals surface area contributed by atoms with Gasteiger partial charge in [-0.05, 0) is 18.6 Å². The first-order chi connectivity index (χ1) is 10.2. The van der Waals surface area contributed by atoms with Crippen LogP contribution < -0.4 is 0 Å². The van der Waals surface area contributed by atoms with E-state index in [2.05, 4.69) is 11.7 Å². The fourth-order valence-electron chi connectivity index (χ4n) is 2.07. The number of methoxy groups -OCH3 is 1. The van der Waals surface area contributed by atoms with Crippen molar-refractivity contribution in [2.45, 2.75) is 45.4 Å². The first-order valence-corrected chi connectivity index (χ1v) is 7.55. The van der Waals surface area contributed by atoms with Crippen LogP contribution in [-0.4, -0.2) is 25.7 Å². The van der Waals surface area contributed by atoms with Crippen molar-refractivity contribution < 1.29 is 19.1 Å². The third-order valence-corrected chi connectivity index (χ3v) is 3.28. The monoisotopic (exact) mass is 292 g/mol. The van der Waals surface area contributed by atoms with Crippen LogP contribution in [0.15, 0.2) is 24.3 Å². The molecule has 0 spiro atoms. The van der Waals surface area contributed by atoms with E-state index in [1.807, 2.05) is 0 Å². The zero-order valence-corrected chi connectivity index (χ0v) is 12.9. The first-order valence-electron chi connectivity index (χ1n) is 7.55. The van der Waals surface area contributed by atoms with Crippen LogP contribution in [0.3, 0.4) is 0 Å². The molecule has 0 N–H and O–H groups in total. The van der Waals surface area contributed by atoms with Crippen LogP contribution in [0, 0.1) is 0 Å². The molecule has 1 rings (SSSR count). The lowest BCUT2D eigenvalue weighted by atomic mass is 10.1. The molecule has 0 unspecified atom stereocenters. The van der Waals surface area contributed by atoms with Gasteiger partial charge in [-0.3, -0.25) is 0 Å². The molecule has 4 nitrogen and oxygen atoms in total. The van der Waals surface area contributed by atoms with E-state index in [4.69, 9.17) is 4.74 Å². The van der Waals surface area contributed by atoms with Crippen molar-refractivity contribution in [2.24, 2.45) is 0 Å². The maximum Gasteiger partial charge on any atom is 0.339 e. The van der Waals surface area contributed by atoms with Gasteiger partial charge in [-0.2, -0.15) is 0 Å². The van der Waals surface area contributed by atoms with Gasteiger partial charge < -0.3 is 9.47 Å². The first kappa shape index (κ1) is 17.2. The summed E-state index contributed by atoms with van der Waals surface area (Å²) in [6.45, 7) is 2.57. The number of hydrogen-bond acceptors (Lipinski definition) is 4. The summed E-state index contributed by atoms with van der Waals surface area (Å²) >= 11 is 0. The number of ether oxygens (including phenoxy) is 2. The zero-order chi connectivity index (χ0) is 15.5. The second kappa shape index (κ2) is 9.97. The topological polar surface area (TPSA) is 52.6 Å². The number of esters is 2. The molecule has 116 valence electrons. The highest BCUT2D eigenvalue weighted by Crippen LogP contribution is 2.12. The Morgan fingerprint density at radius 3 is 2.10 bits per heavy atom. The van der Waals surface area contributed by atoms with Gasteiger partial charge in [-0.25, -0.2) is 9.59 Å². The molecule has 1 aromatic rings. The largest absolute Gasteiger partial charge is 0.465 e. The van der Waals surface area contributed by atoms with Crippen molar-refractivity contribution in [3.63, 3.8) is 0 Å². The molecule has 0 radical (unpaired) electrons. The molecule has 0 saturated heterocycles. The van der Waals surface area contributed by atoms with Crippen LogP contribution in [0.5, 0.6) is 0 Å². The van der Waals surface area contributed by atoms with E-state index in [1.54, 1.807) is 24.3 Å². The molecule has 0 fully saturated rings. The molecule has 0 aromatic heterocycles. The lowest BCUT2D eigenvalue weighted by molar-refractivity contribution is 0.0480. The van der Waals surface area contributed by atoms with E-state index >= 15 is 0 Å². The summed E-state index contributed by atoms with van der Waals surface area (Å²) < 4.78 is 9.88. The van der Waals surface area contributed by atoms with E-state index < -0.39 is 11.9 Å². The Hall–Kier alpha value is -1.84. The van der Waals surface area contributed by atoms with E-state index in [1.165, 1.54) is 32.8 Å². The fraction of sp³-hybridized carbons (Fsp3) is 0.529. The van der Waals surface area contributed by atoms with Crippen LogP contribution in [0.1, 0.15) is 66.2 Å². The minimum Gasteiger partial charge on any atom is -0.465 e. The highest BCUT2D eigenvalue weighted by molar-refractivity contribution is 6.03. The lowest BCUT2D eigenvalue weighted by Gasteiger charge is -2.08. The van der Waals surface area contributed by atoms with Gasteiger partial charge in [0.1, 0.15) is 0 Å². The second-order valence-electron chi connectivity index (χ2n) is 4.94. The molecule has 0 saturated carbocycles. The summed E-state index contributed by atoms with van der Waals surface area (Å²) in [6, 6.07) is 6.54. The average Bonchev–Trinajstić information content (AvgIpc) is 2.53. The van der Waals surface area contributed by atoms with Gasteiger partial charge in [0.15, 0.2) is 0 Å². The van der Waals surface area contributed by atoms with Crippen LogP contribution in [0.4, 0.5) is 0 Å². The Balaban J connectivity index is 2.40. The van der Waals surface area contributed by atoms with Crippen LogP contribution in [-0.2, 0) is 9.47 Å². The Labute approximate surface area is 126 Å². The predicted octanol–water partition coefficient (Wildman–Crippen LogP) is 3.99. The molecular formula is C17H24O4. The third kappa shape index (κ3) is 5.98. The lowest BCUT2D eigenvalue weighted by Crippen LogP contribution is -2.13. The number of hydrogen-bond donors (Lipinski definition) is 0. The van der Waals surface area contributed by atoms with Gasteiger partial charge in [-0.15, -0.1) is 0 Å². The highest BCUT2D eigenvalue weighted by atomic mass is 16.5. The average molecular weight is 292 g/mol. The number of carbonyl (C=O) groups is 2. The molecule has 4 heteroatoms. The molecule has 21 heavy (non-hydrogen) atoms. The molecular weight excluding hydrogens is 268 g/mol. The predicted molar refractivity (Wildman–Crippen MR) is 81.4 cm³/mol. The van der Waals surface area contributed by atoms with E-state index in [0.29, 0.717) is 6.61 Å². The molecule has 0 aliphatic carbocycles. The van der Waals surface area contributed by atoms with Gasteiger partial charge in [0.2, 0.25) is 0 Å². The molecule has 0 atom stereocenters. The summed E-state index contributed by atoms with van der Waals surface area (Å²) in [7, 11) is 1.29. The summed E-state index contributed by atoms with van der Waals surface area (Å²) in [5.41, 5.74) is 0.503. The number of carbonyl (C=O) groups excluding carboxylic acids is 2. The summed E-state index contributed by atoms with van der Waals surface area (Å²) in [4.78, 5) is 23.6. The highest BCUT2D eigenvalue weighted by Gasteiger charge is 2.17. The maximum absolute atomic E-state index is 12.0. The van der Waals surface area contributed by atoms with Crippen molar-refractivity contribution in [3.8, 4) is 0 Å². The minimum absolute atomic E-state index is 0.243. The number of benzene rings is 1. The number of rotatable bonds is 9. The number of unbranched alkanes of at least 4 members (excludes halogenated alkanes) is 5. The second-order valence-corrected chi connectivity index (χ2v) is 4.94. The normalized spacial score (nSPS) is 10.2. The van der Waals surface area contributed by atoms with Gasteiger partial charge >= 0.3 is 11.9 Å². The van der Waals surface area contributed by atoms with Crippen molar-refractivity contribution >= 4 is 11.9 Å². The molecule has 0 amide bonds. The fourth-order valence-corrected chi connectivity index (χ4v) is 2.07. The Bertz CT molecular complexity index is 454. The molecule has 1 aromatic carbocycles. The smallest absolute Gasteiger partial charge is 0.339 e. The zero-order valence-electron chi connectivity index (χ0n) is 12.9. The third-order valence-electron chi connectivity index (χ3n) is 3.28. The Morgan fingerprint density at radius 2 is 1.48 bits per heavy atom. The Morgan fingerprint density at radius 1 is 0.905 bits per heavy atom. The van der Waals surface area contributed by atoms with Crippen molar-refractivity contribution in [3.05, 3.63) is 35.4 Å². The standard InChI is InChI=1S/C17H24O4/c1-3-4-5-6-7-10-13-21-17(19)15-12-9-8-11-14(15)16(18)20-2/h8-9,11-12H,3-7,10,13H2,1-2H3. The molecule has 0 bridgehead atoms. The SMILES string of the molecule is CCCCCCCCOC(=O)c1ccccc1C(=O)OC. The summed E-state index contributed by atoms with van der Waals surface area (Å²) in [5, 5.41) is 0.